The lowest BCUT2D eigenvalue weighted by atomic mass is 9.82. The predicted molar refractivity (Wildman–Crippen MR) is 72.2 cm³/mol. The first kappa shape index (κ1) is 11.5. The van der Waals surface area contributed by atoms with E-state index in [0.717, 1.165) is 17.3 Å². The van der Waals surface area contributed by atoms with E-state index in [-0.39, 0.29) is 0 Å². The van der Waals surface area contributed by atoms with E-state index in [1.165, 1.54) is 19.2 Å². The summed E-state index contributed by atoms with van der Waals surface area (Å²) in [7, 11) is 0. The fourth-order valence-corrected chi connectivity index (χ4v) is 2.69. The van der Waals surface area contributed by atoms with Gasteiger partial charge in [0, 0.05) is 6.04 Å². The highest BCUT2D eigenvalue weighted by Crippen LogP contribution is 2.33. The van der Waals surface area contributed by atoms with Crippen LogP contribution in [0.25, 0.3) is 5.69 Å². The van der Waals surface area contributed by atoms with Crippen LogP contribution in [0.3, 0.4) is 0 Å². The van der Waals surface area contributed by atoms with Crippen LogP contribution >= 0.6 is 11.6 Å². The van der Waals surface area contributed by atoms with Crippen LogP contribution in [0.15, 0.2) is 30.9 Å². The summed E-state index contributed by atoms with van der Waals surface area (Å²) in [5, 5.41) is 8.37. The van der Waals surface area contributed by atoms with Crippen LogP contribution in [0, 0.1) is 5.92 Å². The smallest absolute Gasteiger partial charge is 0.138 e. The lowest BCUT2D eigenvalue weighted by Gasteiger charge is -2.34. The third-order valence-corrected chi connectivity index (χ3v) is 3.67. The van der Waals surface area contributed by atoms with Gasteiger partial charge in [-0.15, -0.1) is 0 Å². The second-order valence-corrected chi connectivity index (χ2v) is 5.30. The molecule has 3 rings (SSSR count). The van der Waals surface area contributed by atoms with Gasteiger partial charge in [-0.25, -0.2) is 9.67 Å². The minimum absolute atomic E-state index is 0.542. The minimum Gasteiger partial charge on any atom is -0.381 e. The normalized spacial score (nSPS) is 22.6. The van der Waals surface area contributed by atoms with E-state index in [9.17, 15) is 0 Å². The molecule has 0 atom stereocenters. The van der Waals surface area contributed by atoms with Gasteiger partial charge in [0.2, 0.25) is 0 Å². The molecule has 1 aromatic carbocycles. The van der Waals surface area contributed by atoms with Gasteiger partial charge in [-0.2, -0.15) is 5.10 Å². The molecule has 0 spiro atoms. The van der Waals surface area contributed by atoms with Gasteiger partial charge in [-0.1, -0.05) is 24.6 Å². The quantitative estimate of drug-likeness (QED) is 0.924. The Bertz CT molecular complexity index is 532. The van der Waals surface area contributed by atoms with Crippen molar-refractivity contribution in [3.63, 3.8) is 0 Å². The number of aromatic nitrogens is 3. The second-order valence-electron chi connectivity index (χ2n) is 4.89. The molecule has 2 aromatic rings. The molecule has 1 fully saturated rings. The van der Waals surface area contributed by atoms with Crippen molar-refractivity contribution in [2.45, 2.75) is 25.8 Å². The molecular weight excluding hydrogens is 248 g/mol. The fraction of sp³-hybridized carbons (Fsp3) is 0.385. The van der Waals surface area contributed by atoms with E-state index in [1.807, 2.05) is 18.2 Å². The van der Waals surface area contributed by atoms with Crippen LogP contribution in [-0.2, 0) is 0 Å². The molecule has 0 bridgehead atoms. The Balaban J connectivity index is 1.91. The molecule has 5 heteroatoms. The molecule has 1 saturated carbocycles. The van der Waals surface area contributed by atoms with Gasteiger partial charge in [0.25, 0.3) is 0 Å². The molecule has 18 heavy (non-hydrogen) atoms. The molecule has 1 N–H and O–H groups in total. The number of nitrogens with zero attached hydrogens (tertiary/aromatic N) is 3. The molecule has 4 nitrogen and oxygen atoms in total. The van der Waals surface area contributed by atoms with Crippen molar-refractivity contribution in [3.8, 4) is 5.69 Å². The summed E-state index contributed by atoms with van der Waals surface area (Å²) in [5.74, 6) is 0.816. The molecule has 94 valence electrons. The molecule has 1 heterocycles. The number of halogens is 1. The number of hydrogen-bond acceptors (Lipinski definition) is 3. The largest absolute Gasteiger partial charge is 0.381 e. The number of benzene rings is 1. The first-order chi connectivity index (χ1) is 8.74. The number of anilines is 1. The molecule has 0 saturated heterocycles. The summed E-state index contributed by atoms with van der Waals surface area (Å²) in [6.45, 7) is 2.27. The van der Waals surface area contributed by atoms with Crippen molar-refractivity contribution in [3.05, 3.63) is 35.9 Å². The van der Waals surface area contributed by atoms with Gasteiger partial charge < -0.3 is 5.32 Å². The monoisotopic (exact) mass is 262 g/mol. The standard InChI is InChI=1S/C13H15ClN4/c1-9-5-10(6-9)17-12-4-2-3-11(14)13(12)18-8-15-7-16-18/h2-4,7-10,17H,5-6H2,1H3. The highest BCUT2D eigenvalue weighted by atomic mass is 35.5. The molecule has 0 unspecified atom stereocenters. The zero-order chi connectivity index (χ0) is 12.5. The van der Waals surface area contributed by atoms with E-state index in [0.29, 0.717) is 11.1 Å². The first-order valence-corrected chi connectivity index (χ1v) is 6.52. The highest BCUT2D eigenvalue weighted by molar-refractivity contribution is 6.33. The molecule has 0 amide bonds. The average molecular weight is 263 g/mol. The maximum absolute atomic E-state index is 6.27. The van der Waals surface area contributed by atoms with Crippen molar-refractivity contribution in [2.24, 2.45) is 5.92 Å². The third-order valence-electron chi connectivity index (χ3n) is 3.37. The Morgan fingerprint density at radius 2 is 2.22 bits per heavy atom. The Morgan fingerprint density at radius 3 is 2.89 bits per heavy atom. The van der Waals surface area contributed by atoms with Gasteiger partial charge >= 0.3 is 0 Å². The van der Waals surface area contributed by atoms with E-state index < -0.39 is 0 Å². The maximum atomic E-state index is 6.27. The first-order valence-electron chi connectivity index (χ1n) is 6.14. The minimum atomic E-state index is 0.542. The van der Waals surface area contributed by atoms with Crippen LogP contribution in [0.4, 0.5) is 5.69 Å². The van der Waals surface area contributed by atoms with E-state index in [2.05, 4.69) is 22.3 Å². The van der Waals surface area contributed by atoms with Crippen molar-refractivity contribution >= 4 is 17.3 Å². The average Bonchev–Trinajstić information content (AvgIpc) is 2.80. The van der Waals surface area contributed by atoms with E-state index >= 15 is 0 Å². The molecule has 1 aromatic heterocycles. The van der Waals surface area contributed by atoms with Crippen molar-refractivity contribution in [1.82, 2.24) is 14.8 Å². The fourth-order valence-electron chi connectivity index (χ4n) is 2.43. The summed E-state index contributed by atoms with van der Waals surface area (Å²) < 4.78 is 1.70. The number of nitrogens with one attached hydrogen (secondary N) is 1. The van der Waals surface area contributed by atoms with Crippen LogP contribution in [0.5, 0.6) is 0 Å². The lowest BCUT2D eigenvalue weighted by Crippen LogP contribution is -2.34. The molecule has 0 aliphatic heterocycles. The summed E-state index contributed by atoms with van der Waals surface area (Å²) in [6, 6.07) is 6.40. The summed E-state index contributed by atoms with van der Waals surface area (Å²) in [4.78, 5) is 3.97. The van der Waals surface area contributed by atoms with Crippen LogP contribution in [0.2, 0.25) is 5.02 Å². The maximum Gasteiger partial charge on any atom is 0.138 e. The van der Waals surface area contributed by atoms with Crippen LogP contribution < -0.4 is 5.32 Å². The van der Waals surface area contributed by atoms with Crippen molar-refractivity contribution in [2.75, 3.05) is 5.32 Å². The Hall–Kier alpha value is -1.55. The lowest BCUT2D eigenvalue weighted by molar-refractivity contribution is 0.309. The SMILES string of the molecule is CC1CC(Nc2cccc(Cl)c2-n2cncn2)C1. The predicted octanol–water partition coefficient (Wildman–Crippen LogP) is 3.13. The number of para-hydroxylation sites is 1. The van der Waals surface area contributed by atoms with Crippen molar-refractivity contribution < 1.29 is 0 Å². The van der Waals surface area contributed by atoms with Gasteiger partial charge in [-0.3, -0.25) is 0 Å². The summed E-state index contributed by atoms with van der Waals surface area (Å²) in [6.07, 6.45) is 5.60. The topological polar surface area (TPSA) is 42.7 Å². The molecule has 0 radical (unpaired) electrons. The molecule has 1 aliphatic rings. The van der Waals surface area contributed by atoms with Gasteiger partial charge in [0.1, 0.15) is 18.3 Å². The van der Waals surface area contributed by atoms with Gasteiger partial charge in [-0.05, 0) is 30.9 Å². The molecular formula is C13H15ClN4. The van der Waals surface area contributed by atoms with Crippen LogP contribution in [0.1, 0.15) is 19.8 Å². The zero-order valence-corrected chi connectivity index (χ0v) is 10.9. The second kappa shape index (κ2) is 4.61. The highest BCUT2D eigenvalue weighted by Gasteiger charge is 2.26. The Morgan fingerprint density at radius 1 is 1.39 bits per heavy atom. The number of hydrogen-bond donors (Lipinski definition) is 1. The van der Waals surface area contributed by atoms with E-state index in [4.69, 9.17) is 11.6 Å². The summed E-state index contributed by atoms with van der Waals surface area (Å²) >= 11 is 6.27. The van der Waals surface area contributed by atoms with Gasteiger partial charge in [0.15, 0.2) is 0 Å². The van der Waals surface area contributed by atoms with Gasteiger partial charge in [0.05, 0.1) is 10.7 Å². The Labute approximate surface area is 111 Å². The van der Waals surface area contributed by atoms with Crippen LogP contribution in [-0.4, -0.2) is 20.8 Å². The number of rotatable bonds is 3. The third kappa shape index (κ3) is 2.08. The zero-order valence-electron chi connectivity index (χ0n) is 10.2. The molecule has 1 aliphatic carbocycles. The Kier molecular flexibility index (Phi) is 2.96. The van der Waals surface area contributed by atoms with E-state index in [1.54, 1.807) is 11.0 Å². The summed E-state index contributed by atoms with van der Waals surface area (Å²) in [5.41, 5.74) is 1.89. The van der Waals surface area contributed by atoms with Crippen molar-refractivity contribution in [1.29, 1.82) is 0 Å².